The Labute approximate surface area is 183 Å². The van der Waals surface area contributed by atoms with Gasteiger partial charge in [0.15, 0.2) is 12.4 Å². The fourth-order valence-corrected chi connectivity index (χ4v) is 2.63. The van der Waals surface area contributed by atoms with Gasteiger partial charge >= 0.3 is 17.6 Å². The summed E-state index contributed by atoms with van der Waals surface area (Å²) in [6.45, 7) is -0.433. The summed E-state index contributed by atoms with van der Waals surface area (Å²) in [7, 11) is 0. The van der Waals surface area contributed by atoms with Gasteiger partial charge in [0.25, 0.3) is 0 Å². The first-order valence-electron chi connectivity index (χ1n) is 9.55. The van der Waals surface area contributed by atoms with Gasteiger partial charge in [0, 0.05) is 6.07 Å². The minimum atomic E-state index is -0.837. The van der Waals surface area contributed by atoms with E-state index in [9.17, 15) is 19.7 Å². The van der Waals surface area contributed by atoms with Crippen LogP contribution in [0.3, 0.4) is 0 Å². The Hall–Kier alpha value is -4.40. The third-order valence-corrected chi connectivity index (χ3v) is 4.07. The molecule has 0 bridgehead atoms. The number of nitrogens with zero attached hydrogens (tertiary/aromatic N) is 1. The number of esters is 2. The first kappa shape index (κ1) is 22.3. The molecule has 0 spiro atoms. The summed E-state index contributed by atoms with van der Waals surface area (Å²) in [5.41, 5.74) is -0.228. The lowest BCUT2D eigenvalue weighted by molar-refractivity contribution is -0.385. The van der Waals surface area contributed by atoms with Crippen molar-refractivity contribution in [2.75, 3.05) is 19.8 Å². The van der Waals surface area contributed by atoms with Gasteiger partial charge < -0.3 is 18.9 Å². The van der Waals surface area contributed by atoms with Crippen molar-refractivity contribution in [1.29, 1.82) is 0 Å². The van der Waals surface area contributed by atoms with Crippen LogP contribution in [-0.4, -0.2) is 36.7 Å². The Bertz CT molecular complexity index is 1080. The van der Waals surface area contributed by atoms with E-state index >= 15 is 0 Å². The Morgan fingerprint density at radius 2 is 1.44 bits per heavy atom. The maximum absolute atomic E-state index is 12.4. The third kappa shape index (κ3) is 6.30. The van der Waals surface area contributed by atoms with Crippen LogP contribution in [0.4, 0.5) is 5.69 Å². The monoisotopic (exact) mass is 437 g/mol. The normalized spacial score (nSPS) is 10.1. The van der Waals surface area contributed by atoms with E-state index in [-0.39, 0.29) is 36.0 Å². The van der Waals surface area contributed by atoms with Crippen molar-refractivity contribution in [3.8, 4) is 17.2 Å². The van der Waals surface area contributed by atoms with Crippen LogP contribution in [0.25, 0.3) is 0 Å². The number of para-hydroxylation sites is 4. The molecule has 0 radical (unpaired) electrons. The molecule has 164 valence electrons. The molecule has 0 aliphatic heterocycles. The van der Waals surface area contributed by atoms with Crippen molar-refractivity contribution < 1.29 is 33.5 Å². The Morgan fingerprint density at radius 3 is 2.19 bits per heavy atom. The molecule has 0 aliphatic carbocycles. The first-order valence-corrected chi connectivity index (χ1v) is 9.55. The smallest absolute Gasteiger partial charge is 0.349 e. The molecule has 3 aromatic carbocycles. The summed E-state index contributed by atoms with van der Waals surface area (Å²) < 4.78 is 21.0. The second kappa shape index (κ2) is 11.1. The predicted octanol–water partition coefficient (Wildman–Crippen LogP) is 3.82. The molecule has 32 heavy (non-hydrogen) atoms. The number of carbonyl (C=O) groups is 2. The topological polar surface area (TPSA) is 114 Å². The van der Waals surface area contributed by atoms with Gasteiger partial charge in [0.05, 0.1) is 4.92 Å². The lowest BCUT2D eigenvalue weighted by Gasteiger charge is -2.11. The van der Waals surface area contributed by atoms with Crippen LogP contribution in [0.15, 0.2) is 78.9 Å². The summed E-state index contributed by atoms with van der Waals surface area (Å²) in [6.07, 6.45) is 0. The van der Waals surface area contributed by atoms with Gasteiger partial charge in [-0.3, -0.25) is 10.1 Å². The molecule has 0 atom stereocenters. The number of hydrogen-bond donors (Lipinski definition) is 0. The molecule has 0 saturated carbocycles. The Kier molecular flexibility index (Phi) is 7.74. The van der Waals surface area contributed by atoms with E-state index in [1.54, 1.807) is 30.3 Å². The number of ether oxygens (including phenoxy) is 4. The van der Waals surface area contributed by atoms with E-state index in [2.05, 4.69) is 0 Å². The highest BCUT2D eigenvalue weighted by atomic mass is 16.6. The second-order valence-corrected chi connectivity index (χ2v) is 6.28. The van der Waals surface area contributed by atoms with Crippen molar-refractivity contribution in [3.63, 3.8) is 0 Å². The van der Waals surface area contributed by atoms with E-state index in [0.29, 0.717) is 5.75 Å². The zero-order valence-corrected chi connectivity index (χ0v) is 16.8. The van der Waals surface area contributed by atoms with Crippen LogP contribution >= 0.6 is 0 Å². The Morgan fingerprint density at radius 1 is 0.781 bits per heavy atom. The van der Waals surface area contributed by atoms with Crippen LogP contribution in [0, 0.1) is 10.1 Å². The van der Waals surface area contributed by atoms with E-state index in [1.807, 2.05) is 18.2 Å². The number of hydrogen-bond acceptors (Lipinski definition) is 8. The van der Waals surface area contributed by atoms with Crippen molar-refractivity contribution in [2.45, 2.75) is 0 Å². The van der Waals surface area contributed by atoms with Gasteiger partial charge in [-0.05, 0) is 30.3 Å². The number of carbonyl (C=O) groups excluding carboxylic acids is 2. The molecule has 3 aromatic rings. The zero-order chi connectivity index (χ0) is 22.8. The molecule has 9 heteroatoms. The maximum Gasteiger partial charge on any atom is 0.349 e. The predicted molar refractivity (Wildman–Crippen MR) is 113 cm³/mol. The van der Waals surface area contributed by atoms with Crippen LogP contribution < -0.4 is 14.2 Å². The Balaban J connectivity index is 1.53. The minimum Gasteiger partial charge on any atom is -0.490 e. The second-order valence-electron chi connectivity index (χ2n) is 6.28. The van der Waals surface area contributed by atoms with Crippen molar-refractivity contribution in [3.05, 3.63) is 94.5 Å². The largest absolute Gasteiger partial charge is 0.490 e. The lowest BCUT2D eigenvalue weighted by atomic mass is 10.2. The van der Waals surface area contributed by atoms with Crippen LogP contribution in [0.1, 0.15) is 10.4 Å². The van der Waals surface area contributed by atoms with Gasteiger partial charge in [-0.1, -0.05) is 42.5 Å². The number of benzene rings is 3. The number of rotatable bonds is 10. The van der Waals surface area contributed by atoms with E-state index in [4.69, 9.17) is 18.9 Å². The molecular formula is C23H19NO8. The standard InChI is InChI=1S/C23H19NO8/c25-22(16-31-21-13-7-5-11-19(21)24(27)28)32-20-12-6-4-10-18(20)23(26)30-15-14-29-17-8-2-1-3-9-17/h1-13H,14-16H2. The van der Waals surface area contributed by atoms with Crippen LogP contribution in [-0.2, 0) is 9.53 Å². The molecule has 0 aromatic heterocycles. The fourth-order valence-electron chi connectivity index (χ4n) is 2.63. The SMILES string of the molecule is O=C(COc1ccccc1[N+](=O)[O-])Oc1ccccc1C(=O)OCCOc1ccccc1. The van der Waals surface area contributed by atoms with E-state index < -0.39 is 23.5 Å². The number of nitro benzene ring substituents is 1. The maximum atomic E-state index is 12.4. The average Bonchev–Trinajstić information content (AvgIpc) is 2.81. The molecule has 9 nitrogen and oxygen atoms in total. The highest BCUT2D eigenvalue weighted by Gasteiger charge is 2.19. The van der Waals surface area contributed by atoms with E-state index in [0.717, 1.165) is 0 Å². The van der Waals surface area contributed by atoms with Gasteiger partial charge in [0.2, 0.25) is 0 Å². The van der Waals surface area contributed by atoms with Crippen LogP contribution in [0.2, 0.25) is 0 Å². The average molecular weight is 437 g/mol. The molecular weight excluding hydrogens is 418 g/mol. The van der Waals surface area contributed by atoms with Gasteiger partial charge in [-0.2, -0.15) is 0 Å². The van der Waals surface area contributed by atoms with Crippen molar-refractivity contribution in [1.82, 2.24) is 0 Å². The van der Waals surface area contributed by atoms with Gasteiger partial charge in [-0.15, -0.1) is 0 Å². The van der Waals surface area contributed by atoms with Crippen molar-refractivity contribution >= 4 is 17.6 Å². The lowest BCUT2D eigenvalue weighted by Crippen LogP contribution is -2.20. The first-order chi connectivity index (χ1) is 15.5. The molecule has 3 rings (SSSR count). The summed E-state index contributed by atoms with van der Waals surface area (Å²) >= 11 is 0. The molecule has 0 N–H and O–H groups in total. The molecule has 0 fully saturated rings. The van der Waals surface area contributed by atoms with E-state index in [1.165, 1.54) is 30.3 Å². The van der Waals surface area contributed by atoms with Gasteiger partial charge in [-0.25, -0.2) is 9.59 Å². The summed E-state index contributed by atoms with van der Waals surface area (Å²) in [4.78, 5) is 34.9. The minimum absolute atomic E-state index is 0.00318. The molecule has 0 aliphatic rings. The highest BCUT2D eigenvalue weighted by Crippen LogP contribution is 2.26. The molecule has 0 saturated heterocycles. The zero-order valence-electron chi connectivity index (χ0n) is 16.8. The molecule has 0 heterocycles. The summed E-state index contributed by atoms with van der Waals surface area (Å²) in [5, 5.41) is 11.0. The van der Waals surface area contributed by atoms with Gasteiger partial charge in [0.1, 0.15) is 30.3 Å². The molecule has 0 unspecified atom stereocenters. The van der Waals surface area contributed by atoms with Crippen molar-refractivity contribution in [2.24, 2.45) is 0 Å². The number of nitro groups is 1. The third-order valence-electron chi connectivity index (χ3n) is 4.07. The fraction of sp³-hybridized carbons (Fsp3) is 0.130. The highest BCUT2D eigenvalue weighted by molar-refractivity contribution is 5.93. The summed E-state index contributed by atoms with van der Waals surface area (Å²) in [5.74, 6) is -0.963. The summed E-state index contributed by atoms with van der Waals surface area (Å²) in [6, 6.07) is 20.8. The quantitative estimate of drug-likeness (QED) is 0.155. The van der Waals surface area contributed by atoms with Crippen LogP contribution in [0.5, 0.6) is 17.2 Å². The molecule has 0 amide bonds.